The highest BCUT2D eigenvalue weighted by molar-refractivity contribution is 14.0. The highest BCUT2D eigenvalue weighted by Crippen LogP contribution is 2.28. The number of aliphatic imine (C=N–C) groups is 1. The lowest BCUT2D eigenvalue weighted by atomic mass is 10.1. The van der Waals surface area contributed by atoms with Crippen LogP contribution in [0.3, 0.4) is 0 Å². The van der Waals surface area contributed by atoms with E-state index in [4.69, 9.17) is 14.5 Å². The van der Waals surface area contributed by atoms with Crippen molar-refractivity contribution in [1.29, 1.82) is 0 Å². The number of carbonyl (C=O) groups excluding carboxylic acids is 1. The molecule has 1 saturated heterocycles. The molecule has 0 bridgehead atoms. The van der Waals surface area contributed by atoms with E-state index in [2.05, 4.69) is 23.6 Å². The molecule has 1 amide bonds. The minimum Gasteiger partial charge on any atom is -0.493 e. The molecule has 0 aliphatic carbocycles. The third-order valence-electron chi connectivity index (χ3n) is 5.47. The van der Waals surface area contributed by atoms with Gasteiger partial charge in [-0.25, -0.2) is 4.99 Å². The highest BCUT2D eigenvalue weighted by atomic mass is 127. The standard InChI is InChI=1S/C25H34N4O3.HI/c1-4-26-25(27-15-5-7-19-11-14-22(31-2)23(17-19)32-3)28-18-20-9-12-21(13-10-20)29-16-6-8-24(29)30;/h9-14,17H,4-8,15-16,18H2,1-3H3,(H2,26,27,28);1H. The zero-order valence-corrected chi connectivity index (χ0v) is 22.1. The van der Waals surface area contributed by atoms with E-state index in [-0.39, 0.29) is 29.9 Å². The van der Waals surface area contributed by atoms with Gasteiger partial charge in [0.15, 0.2) is 17.5 Å². The lowest BCUT2D eigenvalue weighted by Crippen LogP contribution is -2.37. The van der Waals surface area contributed by atoms with E-state index in [1.54, 1.807) is 14.2 Å². The summed E-state index contributed by atoms with van der Waals surface area (Å²) in [7, 11) is 3.30. The van der Waals surface area contributed by atoms with E-state index in [1.807, 2.05) is 41.3 Å². The quantitative estimate of drug-likeness (QED) is 0.196. The summed E-state index contributed by atoms with van der Waals surface area (Å²) >= 11 is 0. The zero-order valence-electron chi connectivity index (χ0n) is 19.7. The van der Waals surface area contributed by atoms with Gasteiger partial charge in [-0.15, -0.1) is 24.0 Å². The van der Waals surface area contributed by atoms with Gasteiger partial charge in [-0.3, -0.25) is 4.79 Å². The van der Waals surface area contributed by atoms with Crippen LogP contribution in [0, 0.1) is 0 Å². The number of halogens is 1. The smallest absolute Gasteiger partial charge is 0.227 e. The number of ether oxygens (including phenoxy) is 2. The van der Waals surface area contributed by atoms with Crippen LogP contribution in [0.4, 0.5) is 5.69 Å². The molecule has 2 aromatic rings. The fourth-order valence-electron chi connectivity index (χ4n) is 3.75. The van der Waals surface area contributed by atoms with Crippen molar-refractivity contribution in [2.45, 2.75) is 39.2 Å². The van der Waals surface area contributed by atoms with Crippen molar-refractivity contribution in [3.05, 3.63) is 53.6 Å². The van der Waals surface area contributed by atoms with Gasteiger partial charge in [-0.2, -0.15) is 0 Å². The van der Waals surface area contributed by atoms with Gasteiger partial charge in [0, 0.05) is 31.7 Å². The second-order valence-corrected chi connectivity index (χ2v) is 7.73. The molecule has 1 aliphatic rings. The fourth-order valence-corrected chi connectivity index (χ4v) is 3.75. The molecule has 0 atom stereocenters. The maximum Gasteiger partial charge on any atom is 0.227 e. The Morgan fingerprint density at radius 2 is 1.76 bits per heavy atom. The first-order valence-electron chi connectivity index (χ1n) is 11.3. The predicted octanol–water partition coefficient (Wildman–Crippen LogP) is 4.14. The SMILES string of the molecule is CCNC(=NCc1ccc(N2CCCC2=O)cc1)NCCCc1ccc(OC)c(OC)c1.I. The van der Waals surface area contributed by atoms with Gasteiger partial charge >= 0.3 is 0 Å². The van der Waals surface area contributed by atoms with Crippen molar-refractivity contribution in [1.82, 2.24) is 10.6 Å². The molecular formula is C25H35IN4O3. The topological polar surface area (TPSA) is 75.2 Å². The molecule has 0 radical (unpaired) electrons. The van der Waals surface area contributed by atoms with Crippen LogP contribution in [0.25, 0.3) is 0 Å². The number of guanidine groups is 1. The highest BCUT2D eigenvalue weighted by Gasteiger charge is 2.21. The van der Waals surface area contributed by atoms with Crippen molar-refractivity contribution in [2.24, 2.45) is 4.99 Å². The molecule has 1 heterocycles. The fraction of sp³-hybridized carbons (Fsp3) is 0.440. The Bertz CT molecular complexity index is 918. The molecule has 0 aromatic heterocycles. The third-order valence-corrected chi connectivity index (χ3v) is 5.47. The number of amides is 1. The van der Waals surface area contributed by atoms with E-state index in [9.17, 15) is 4.79 Å². The second-order valence-electron chi connectivity index (χ2n) is 7.73. The summed E-state index contributed by atoms with van der Waals surface area (Å²) in [5.41, 5.74) is 3.30. The Kier molecular flexibility index (Phi) is 11.3. The number of rotatable bonds is 10. The summed E-state index contributed by atoms with van der Waals surface area (Å²) in [5.74, 6) is 2.52. The van der Waals surface area contributed by atoms with Gasteiger partial charge in [0.05, 0.1) is 20.8 Å². The van der Waals surface area contributed by atoms with Crippen LogP contribution in [-0.2, 0) is 17.8 Å². The van der Waals surface area contributed by atoms with Crippen LogP contribution in [-0.4, -0.2) is 45.7 Å². The number of nitrogens with one attached hydrogen (secondary N) is 2. The van der Waals surface area contributed by atoms with Crippen molar-refractivity contribution < 1.29 is 14.3 Å². The third kappa shape index (κ3) is 7.80. The average Bonchev–Trinajstić information content (AvgIpc) is 3.26. The van der Waals surface area contributed by atoms with Crippen LogP contribution in [0.1, 0.15) is 37.3 Å². The minimum atomic E-state index is 0. The molecule has 3 rings (SSSR count). The average molecular weight is 566 g/mol. The summed E-state index contributed by atoms with van der Waals surface area (Å²) in [6.07, 6.45) is 3.49. The lowest BCUT2D eigenvalue weighted by molar-refractivity contribution is -0.117. The van der Waals surface area contributed by atoms with Crippen LogP contribution in [0.15, 0.2) is 47.5 Å². The number of methoxy groups -OCH3 is 2. The normalized spacial score (nSPS) is 13.5. The molecule has 1 aliphatic heterocycles. The van der Waals surface area contributed by atoms with E-state index < -0.39 is 0 Å². The maximum atomic E-state index is 11.9. The largest absolute Gasteiger partial charge is 0.493 e. The first-order chi connectivity index (χ1) is 15.6. The van der Waals surface area contributed by atoms with Gasteiger partial charge in [0.2, 0.25) is 5.91 Å². The van der Waals surface area contributed by atoms with E-state index >= 15 is 0 Å². The molecule has 2 N–H and O–H groups in total. The number of hydrogen-bond acceptors (Lipinski definition) is 4. The molecule has 0 saturated carbocycles. The van der Waals surface area contributed by atoms with Crippen LogP contribution < -0.4 is 25.0 Å². The Morgan fingerprint density at radius 1 is 1.03 bits per heavy atom. The molecule has 33 heavy (non-hydrogen) atoms. The summed E-state index contributed by atoms with van der Waals surface area (Å²) in [5, 5.41) is 6.70. The minimum absolute atomic E-state index is 0. The van der Waals surface area contributed by atoms with Gasteiger partial charge in [0.25, 0.3) is 0 Å². The number of aryl methyl sites for hydroxylation is 1. The van der Waals surface area contributed by atoms with E-state index in [1.165, 1.54) is 5.56 Å². The van der Waals surface area contributed by atoms with Gasteiger partial charge in [-0.1, -0.05) is 18.2 Å². The van der Waals surface area contributed by atoms with Crippen LogP contribution in [0.2, 0.25) is 0 Å². The van der Waals surface area contributed by atoms with E-state index in [0.717, 1.165) is 67.6 Å². The second kappa shape index (κ2) is 13.9. The Hall–Kier alpha value is -2.49. The molecule has 0 spiro atoms. The number of nitrogens with zero attached hydrogens (tertiary/aromatic N) is 2. The monoisotopic (exact) mass is 566 g/mol. The number of hydrogen-bond donors (Lipinski definition) is 2. The number of benzene rings is 2. The van der Waals surface area contributed by atoms with Crippen molar-refractivity contribution >= 4 is 41.5 Å². The van der Waals surface area contributed by atoms with Gasteiger partial charge in [0.1, 0.15) is 0 Å². The van der Waals surface area contributed by atoms with Gasteiger partial charge in [-0.05, 0) is 61.6 Å². The van der Waals surface area contributed by atoms with E-state index in [0.29, 0.717) is 13.0 Å². The van der Waals surface area contributed by atoms with Crippen molar-refractivity contribution in [2.75, 3.05) is 38.8 Å². The molecule has 2 aromatic carbocycles. The molecule has 180 valence electrons. The maximum absolute atomic E-state index is 11.9. The van der Waals surface area contributed by atoms with Crippen LogP contribution in [0.5, 0.6) is 11.5 Å². The first-order valence-corrected chi connectivity index (χ1v) is 11.3. The summed E-state index contributed by atoms with van der Waals surface area (Å²) < 4.78 is 10.7. The molecule has 0 unspecified atom stereocenters. The molecule has 1 fully saturated rings. The number of anilines is 1. The van der Waals surface area contributed by atoms with Crippen molar-refractivity contribution in [3.8, 4) is 11.5 Å². The molecule has 8 heteroatoms. The van der Waals surface area contributed by atoms with Crippen molar-refractivity contribution in [3.63, 3.8) is 0 Å². The van der Waals surface area contributed by atoms with Gasteiger partial charge < -0.3 is 25.0 Å². The molecular weight excluding hydrogens is 531 g/mol. The molecule has 7 nitrogen and oxygen atoms in total. The first kappa shape index (κ1) is 26.8. The van der Waals surface area contributed by atoms with Crippen LogP contribution >= 0.6 is 24.0 Å². The zero-order chi connectivity index (χ0) is 22.8. The summed E-state index contributed by atoms with van der Waals surface area (Å²) in [6.45, 7) is 5.07. The Morgan fingerprint density at radius 3 is 2.39 bits per heavy atom. The number of carbonyl (C=O) groups is 1. The summed E-state index contributed by atoms with van der Waals surface area (Å²) in [6, 6.07) is 14.2. The summed E-state index contributed by atoms with van der Waals surface area (Å²) in [4.78, 5) is 18.5. The Balaban J connectivity index is 0.00000385. The Labute approximate surface area is 214 Å². The predicted molar refractivity (Wildman–Crippen MR) is 144 cm³/mol. The lowest BCUT2D eigenvalue weighted by Gasteiger charge is -2.16.